The monoisotopic (exact) mass is 546 g/mol. The molecule has 0 radical (unpaired) electrons. The fraction of sp³-hybridized carbons (Fsp3) is 0.143. The Hall–Kier alpha value is -1.50. The lowest BCUT2D eigenvalue weighted by Gasteiger charge is -2.24. The molecule has 4 nitrogen and oxygen atoms in total. The van der Waals surface area contributed by atoms with Crippen molar-refractivity contribution in [3.05, 3.63) is 90.5 Å². The number of aromatic nitrogens is 1. The van der Waals surface area contributed by atoms with Gasteiger partial charge in [-0.05, 0) is 51.8 Å². The Balaban J connectivity index is 1.80. The summed E-state index contributed by atoms with van der Waals surface area (Å²) < 4.78 is 6.46. The second-order valence-electron chi connectivity index (χ2n) is 6.25. The van der Waals surface area contributed by atoms with Crippen molar-refractivity contribution in [1.82, 2.24) is 9.88 Å². The topological polar surface area (TPSA) is 42.4 Å². The van der Waals surface area contributed by atoms with E-state index < -0.39 is 0 Å². The molecule has 2 aromatic carbocycles. The van der Waals surface area contributed by atoms with E-state index in [0.29, 0.717) is 35.9 Å². The number of carbonyl (C=O) groups excluding carboxylic acids is 1. The lowest BCUT2D eigenvalue weighted by atomic mass is 10.2. The van der Waals surface area contributed by atoms with Gasteiger partial charge in [0.1, 0.15) is 6.61 Å². The summed E-state index contributed by atoms with van der Waals surface area (Å²) in [5.74, 6) is 0.158. The highest BCUT2D eigenvalue weighted by molar-refractivity contribution is 9.10. The highest BCUT2D eigenvalue weighted by atomic mass is 79.9. The molecule has 1 amide bonds. The minimum absolute atomic E-state index is 0.182. The van der Waals surface area contributed by atoms with Crippen LogP contribution in [0.1, 0.15) is 15.9 Å². The minimum Gasteiger partial charge on any atom is -0.489 e. The highest BCUT2D eigenvalue weighted by Gasteiger charge is 2.19. The van der Waals surface area contributed by atoms with Gasteiger partial charge in [-0.25, -0.2) is 0 Å². The number of para-hydroxylation sites is 1. The third kappa shape index (κ3) is 6.02. The second-order valence-corrected chi connectivity index (χ2v) is 8.83. The summed E-state index contributed by atoms with van der Waals surface area (Å²) in [7, 11) is 0. The van der Waals surface area contributed by atoms with Gasteiger partial charge in [0.15, 0.2) is 5.75 Å². The van der Waals surface area contributed by atoms with Crippen LogP contribution in [0.3, 0.4) is 0 Å². The fourth-order valence-corrected chi connectivity index (χ4v) is 4.04. The summed E-state index contributed by atoms with van der Waals surface area (Å²) in [5, 5.41) is 1.80. The minimum atomic E-state index is -0.219. The Kier molecular flexibility index (Phi) is 8.26. The number of benzene rings is 2. The van der Waals surface area contributed by atoms with E-state index in [2.05, 4.69) is 20.9 Å². The highest BCUT2D eigenvalue weighted by Crippen LogP contribution is 2.32. The van der Waals surface area contributed by atoms with Gasteiger partial charge in [-0.15, -0.1) is 0 Å². The Bertz CT molecular complexity index is 1040. The SMILES string of the molecule is O=C(c1cncc(Br)c1)N(CCOc1c(Cl)cccc1Cl)Cc1ccc(Cl)cc1Cl. The van der Waals surface area contributed by atoms with E-state index in [1.54, 1.807) is 53.6 Å². The van der Waals surface area contributed by atoms with E-state index in [1.807, 2.05) is 0 Å². The number of amides is 1. The van der Waals surface area contributed by atoms with Gasteiger partial charge >= 0.3 is 0 Å². The Morgan fingerprint density at radius 3 is 2.40 bits per heavy atom. The van der Waals surface area contributed by atoms with Gasteiger partial charge in [0.2, 0.25) is 0 Å². The number of pyridine rings is 1. The van der Waals surface area contributed by atoms with E-state index in [1.165, 1.54) is 6.20 Å². The number of carbonyl (C=O) groups is 1. The molecule has 0 spiro atoms. The van der Waals surface area contributed by atoms with Crippen molar-refractivity contribution in [2.24, 2.45) is 0 Å². The molecule has 0 bridgehead atoms. The zero-order valence-corrected chi connectivity index (χ0v) is 20.0. The molecule has 30 heavy (non-hydrogen) atoms. The predicted molar refractivity (Wildman–Crippen MR) is 125 cm³/mol. The largest absolute Gasteiger partial charge is 0.489 e. The van der Waals surface area contributed by atoms with Gasteiger partial charge in [0.05, 0.1) is 22.2 Å². The molecule has 0 aliphatic heterocycles. The zero-order valence-electron chi connectivity index (χ0n) is 15.4. The van der Waals surface area contributed by atoms with Crippen LogP contribution in [0.2, 0.25) is 20.1 Å². The van der Waals surface area contributed by atoms with Crippen LogP contribution in [0.4, 0.5) is 0 Å². The van der Waals surface area contributed by atoms with Crippen LogP contribution in [0.5, 0.6) is 5.75 Å². The number of ether oxygens (including phenoxy) is 1. The number of nitrogens with zero attached hydrogens (tertiary/aromatic N) is 2. The maximum atomic E-state index is 13.1. The van der Waals surface area contributed by atoms with E-state index >= 15 is 0 Å². The summed E-state index contributed by atoms with van der Waals surface area (Å²) in [6.45, 7) is 0.717. The zero-order chi connectivity index (χ0) is 21.7. The molecule has 3 rings (SSSR count). The van der Waals surface area contributed by atoms with Crippen LogP contribution in [-0.4, -0.2) is 28.9 Å². The van der Waals surface area contributed by atoms with Crippen molar-refractivity contribution in [2.45, 2.75) is 6.54 Å². The number of halogens is 5. The molecule has 0 aliphatic rings. The maximum absolute atomic E-state index is 13.1. The van der Waals surface area contributed by atoms with E-state index in [0.717, 1.165) is 5.56 Å². The van der Waals surface area contributed by atoms with Gasteiger partial charge < -0.3 is 9.64 Å². The van der Waals surface area contributed by atoms with E-state index in [-0.39, 0.29) is 25.6 Å². The Morgan fingerprint density at radius 1 is 1.00 bits per heavy atom. The molecule has 1 heterocycles. The van der Waals surface area contributed by atoms with Crippen molar-refractivity contribution in [1.29, 1.82) is 0 Å². The van der Waals surface area contributed by atoms with Gasteiger partial charge in [0.25, 0.3) is 5.91 Å². The first-order valence-electron chi connectivity index (χ1n) is 8.75. The summed E-state index contributed by atoms with van der Waals surface area (Å²) in [6, 6.07) is 12.0. The number of hydrogen-bond donors (Lipinski definition) is 0. The molecule has 0 fully saturated rings. The lowest BCUT2D eigenvalue weighted by molar-refractivity contribution is 0.0716. The quantitative estimate of drug-likeness (QED) is 0.314. The fourth-order valence-electron chi connectivity index (χ4n) is 2.70. The van der Waals surface area contributed by atoms with Crippen LogP contribution in [0.25, 0.3) is 0 Å². The maximum Gasteiger partial charge on any atom is 0.255 e. The molecule has 1 aromatic heterocycles. The van der Waals surface area contributed by atoms with Crippen LogP contribution >= 0.6 is 62.3 Å². The molecule has 3 aromatic rings. The van der Waals surface area contributed by atoms with Crippen molar-refractivity contribution >= 4 is 68.2 Å². The Morgan fingerprint density at radius 2 is 1.73 bits per heavy atom. The smallest absolute Gasteiger partial charge is 0.255 e. The summed E-state index contributed by atoms with van der Waals surface area (Å²) in [4.78, 5) is 18.8. The van der Waals surface area contributed by atoms with Crippen molar-refractivity contribution in [3.8, 4) is 5.75 Å². The summed E-state index contributed by atoms with van der Waals surface area (Å²) in [6.07, 6.45) is 3.12. The third-order valence-electron chi connectivity index (χ3n) is 4.14. The molecule has 0 unspecified atom stereocenters. The van der Waals surface area contributed by atoms with Crippen LogP contribution in [-0.2, 0) is 6.54 Å². The van der Waals surface area contributed by atoms with E-state index in [9.17, 15) is 4.79 Å². The van der Waals surface area contributed by atoms with Gasteiger partial charge in [-0.1, -0.05) is 58.5 Å². The van der Waals surface area contributed by atoms with Crippen LogP contribution in [0, 0.1) is 0 Å². The molecule has 0 atom stereocenters. The molecular weight excluding hydrogens is 534 g/mol. The molecule has 0 saturated carbocycles. The standard InChI is InChI=1S/C21H15BrCl4N2O2/c22-15-8-14(10-27-11-15)21(29)28(12-13-4-5-16(23)9-19(13)26)6-7-30-20-17(24)2-1-3-18(20)25/h1-5,8-11H,6-7,12H2. The lowest BCUT2D eigenvalue weighted by Crippen LogP contribution is -2.34. The normalized spacial score (nSPS) is 10.7. The first-order chi connectivity index (χ1) is 14.3. The molecule has 156 valence electrons. The summed E-state index contributed by atoms with van der Waals surface area (Å²) >= 11 is 27.9. The van der Waals surface area contributed by atoms with E-state index in [4.69, 9.17) is 51.1 Å². The molecule has 0 N–H and O–H groups in total. The average Bonchev–Trinajstić information content (AvgIpc) is 2.70. The molecule has 0 saturated heterocycles. The first-order valence-corrected chi connectivity index (χ1v) is 11.1. The number of rotatable bonds is 7. The van der Waals surface area contributed by atoms with Crippen molar-refractivity contribution < 1.29 is 9.53 Å². The van der Waals surface area contributed by atoms with Crippen molar-refractivity contribution in [2.75, 3.05) is 13.2 Å². The van der Waals surface area contributed by atoms with Gasteiger partial charge in [0, 0.05) is 33.5 Å². The van der Waals surface area contributed by atoms with Crippen molar-refractivity contribution in [3.63, 3.8) is 0 Å². The van der Waals surface area contributed by atoms with Crippen LogP contribution < -0.4 is 4.74 Å². The summed E-state index contributed by atoms with van der Waals surface area (Å²) in [5.41, 5.74) is 1.19. The predicted octanol–water partition coefficient (Wildman–Crippen LogP) is 7.18. The van der Waals surface area contributed by atoms with Gasteiger partial charge in [-0.2, -0.15) is 0 Å². The molecule has 0 aliphatic carbocycles. The van der Waals surface area contributed by atoms with Crippen LogP contribution in [0.15, 0.2) is 59.3 Å². The third-order valence-corrected chi connectivity index (χ3v) is 5.76. The molecule has 9 heteroatoms. The molecular formula is C21H15BrCl4N2O2. The Labute approximate surface area is 202 Å². The second kappa shape index (κ2) is 10.7. The first kappa shape index (κ1) is 23.2. The average molecular weight is 549 g/mol. The number of hydrogen-bond acceptors (Lipinski definition) is 3. The van der Waals surface area contributed by atoms with Gasteiger partial charge in [-0.3, -0.25) is 9.78 Å².